The molecule has 1 heterocycles. The highest BCUT2D eigenvalue weighted by Crippen LogP contribution is 2.17. The van der Waals surface area contributed by atoms with Crippen LogP contribution >= 0.6 is 0 Å². The summed E-state index contributed by atoms with van der Waals surface area (Å²) in [5, 5.41) is 6.22. The summed E-state index contributed by atoms with van der Waals surface area (Å²) in [6, 6.07) is 0.222. The molecule has 0 aromatic carbocycles. The molecule has 0 aliphatic carbocycles. The van der Waals surface area contributed by atoms with Crippen molar-refractivity contribution in [3.05, 3.63) is 0 Å². The van der Waals surface area contributed by atoms with Crippen LogP contribution in [0.15, 0.2) is 0 Å². The number of rotatable bonds is 5. The fraction of sp³-hybridized carbons (Fsp3) is 0.923. The molecule has 17 heavy (non-hydrogen) atoms. The van der Waals surface area contributed by atoms with Crippen molar-refractivity contribution in [3.8, 4) is 0 Å². The first-order valence-electron chi connectivity index (χ1n) is 6.73. The van der Waals surface area contributed by atoms with Crippen molar-refractivity contribution in [2.24, 2.45) is 5.92 Å². The van der Waals surface area contributed by atoms with E-state index in [-0.39, 0.29) is 18.0 Å². The van der Waals surface area contributed by atoms with E-state index in [4.69, 9.17) is 0 Å². The highest BCUT2D eigenvalue weighted by atomic mass is 16.2. The summed E-state index contributed by atoms with van der Waals surface area (Å²) >= 11 is 0. The molecule has 0 radical (unpaired) electrons. The highest BCUT2D eigenvalue weighted by molar-refractivity contribution is 5.81. The number of amides is 1. The molecule has 1 aliphatic heterocycles. The van der Waals surface area contributed by atoms with Crippen LogP contribution in [0.4, 0.5) is 0 Å². The second-order valence-electron chi connectivity index (χ2n) is 5.40. The molecule has 2 atom stereocenters. The van der Waals surface area contributed by atoms with Gasteiger partial charge in [-0.25, -0.2) is 0 Å². The third-order valence-corrected chi connectivity index (χ3v) is 3.40. The van der Waals surface area contributed by atoms with E-state index in [0.29, 0.717) is 5.92 Å². The Morgan fingerprint density at radius 2 is 2.12 bits per heavy atom. The molecular formula is C13H27N3O. The molecule has 1 amide bonds. The van der Waals surface area contributed by atoms with Gasteiger partial charge in [0.25, 0.3) is 0 Å². The maximum absolute atomic E-state index is 11.9. The number of likely N-dealkylation sites (tertiary alicyclic amines) is 1. The van der Waals surface area contributed by atoms with Gasteiger partial charge in [-0.1, -0.05) is 0 Å². The van der Waals surface area contributed by atoms with Crippen molar-refractivity contribution in [1.29, 1.82) is 0 Å². The average molecular weight is 241 g/mol. The molecule has 1 saturated heterocycles. The lowest BCUT2D eigenvalue weighted by molar-refractivity contribution is -0.127. The Labute approximate surface area is 105 Å². The predicted molar refractivity (Wildman–Crippen MR) is 71.0 cm³/mol. The van der Waals surface area contributed by atoms with Crippen molar-refractivity contribution < 1.29 is 4.79 Å². The third kappa shape index (κ3) is 4.64. The monoisotopic (exact) mass is 241 g/mol. The average Bonchev–Trinajstić information content (AvgIpc) is 2.28. The topological polar surface area (TPSA) is 44.4 Å². The molecule has 0 bridgehead atoms. The van der Waals surface area contributed by atoms with E-state index in [2.05, 4.69) is 15.5 Å². The van der Waals surface area contributed by atoms with E-state index in [0.717, 1.165) is 19.6 Å². The summed E-state index contributed by atoms with van der Waals surface area (Å²) in [5.74, 6) is 0.841. The Kier molecular flexibility index (Phi) is 5.92. The summed E-state index contributed by atoms with van der Waals surface area (Å²) in [4.78, 5) is 14.3. The van der Waals surface area contributed by atoms with Crippen LogP contribution < -0.4 is 10.6 Å². The second-order valence-corrected chi connectivity index (χ2v) is 5.40. The smallest absolute Gasteiger partial charge is 0.237 e. The number of hydrogen-bond acceptors (Lipinski definition) is 3. The fourth-order valence-corrected chi connectivity index (χ4v) is 2.48. The molecule has 2 unspecified atom stereocenters. The standard InChI is InChI=1S/C13H27N3O/c1-10(2)15-13(17)11(3)16-7-5-6-12(9-16)8-14-4/h10-12,14H,5-9H2,1-4H3,(H,15,17). The van der Waals surface area contributed by atoms with Crippen molar-refractivity contribution in [2.75, 3.05) is 26.7 Å². The lowest BCUT2D eigenvalue weighted by Gasteiger charge is -2.36. The van der Waals surface area contributed by atoms with Crippen LogP contribution in [-0.4, -0.2) is 49.6 Å². The Bertz CT molecular complexity index is 241. The fourth-order valence-electron chi connectivity index (χ4n) is 2.48. The molecular weight excluding hydrogens is 214 g/mol. The molecule has 1 fully saturated rings. The van der Waals surface area contributed by atoms with Gasteiger partial charge in [-0.3, -0.25) is 9.69 Å². The van der Waals surface area contributed by atoms with Gasteiger partial charge in [0.2, 0.25) is 5.91 Å². The minimum atomic E-state index is -0.00273. The van der Waals surface area contributed by atoms with Gasteiger partial charge in [-0.2, -0.15) is 0 Å². The van der Waals surface area contributed by atoms with Crippen molar-refractivity contribution in [2.45, 2.75) is 45.7 Å². The largest absolute Gasteiger partial charge is 0.353 e. The Balaban J connectivity index is 2.45. The molecule has 100 valence electrons. The Hall–Kier alpha value is -0.610. The first kappa shape index (κ1) is 14.5. The molecule has 0 aromatic heterocycles. The van der Waals surface area contributed by atoms with Gasteiger partial charge in [0.15, 0.2) is 0 Å². The van der Waals surface area contributed by atoms with Crippen LogP contribution in [-0.2, 0) is 4.79 Å². The van der Waals surface area contributed by atoms with E-state index < -0.39 is 0 Å². The number of nitrogens with zero attached hydrogens (tertiary/aromatic N) is 1. The molecule has 4 nitrogen and oxygen atoms in total. The van der Waals surface area contributed by atoms with Gasteiger partial charge in [0.05, 0.1) is 6.04 Å². The van der Waals surface area contributed by atoms with Crippen LogP contribution in [0.25, 0.3) is 0 Å². The molecule has 2 N–H and O–H groups in total. The number of carbonyl (C=O) groups is 1. The normalized spacial score (nSPS) is 23.7. The van der Waals surface area contributed by atoms with Gasteiger partial charge in [0, 0.05) is 12.6 Å². The minimum absolute atomic E-state index is 0.00273. The summed E-state index contributed by atoms with van der Waals surface area (Å²) in [7, 11) is 1.99. The molecule has 1 rings (SSSR count). The van der Waals surface area contributed by atoms with Crippen molar-refractivity contribution >= 4 is 5.91 Å². The molecule has 0 spiro atoms. The quantitative estimate of drug-likeness (QED) is 0.749. The molecule has 0 saturated carbocycles. The van der Waals surface area contributed by atoms with Gasteiger partial charge >= 0.3 is 0 Å². The van der Waals surface area contributed by atoms with Crippen LogP contribution in [0.1, 0.15) is 33.6 Å². The third-order valence-electron chi connectivity index (χ3n) is 3.40. The molecule has 1 aliphatic rings. The summed E-state index contributed by atoms with van der Waals surface area (Å²) in [6.45, 7) is 9.16. The zero-order valence-corrected chi connectivity index (χ0v) is 11.6. The van der Waals surface area contributed by atoms with Gasteiger partial charge < -0.3 is 10.6 Å². The van der Waals surface area contributed by atoms with Crippen LogP contribution in [0.2, 0.25) is 0 Å². The summed E-state index contributed by atoms with van der Waals surface area (Å²) in [5.41, 5.74) is 0. The number of nitrogens with one attached hydrogen (secondary N) is 2. The van der Waals surface area contributed by atoms with E-state index in [1.807, 2.05) is 27.8 Å². The first-order valence-corrected chi connectivity index (χ1v) is 6.73. The number of carbonyl (C=O) groups excluding carboxylic acids is 1. The van der Waals surface area contributed by atoms with Crippen molar-refractivity contribution in [3.63, 3.8) is 0 Å². The maximum atomic E-state index is 11.9. The van der Waals surface area contributed by atoms with E-state index in [1.165, 1.54) is 12.8 Å². The van der Waals surface area contributed by atoms with Crippen molar-refractivity contribution in [1.82, 2.24) is 15.5 Å². The predicted octanol–water partition coefficient (Wildman–Crippen LogP) is 0.831. The molecule has 0 aromatic rings. The lowest BCUT2D eigenvalue weighted by Crippen LogP contribution is -2.51. The second kappa shape index (κ2) is 6.97. The van der Waals surface area contributed by atoms with E-state index in [1.54, 1.807) is 0 Å². The zero-order valence-electron chi connectivity index (χ0n) is 11.6. The van der Waals surface area contributed by atoms with Gasteiger partial charge in [0.1, 0.15) is 0 Å². The summed E-state index contributed by atoms with van der Waals surface area (Å²) < 4.78 is 0. The highest BCUT2D eigenvalue weighted by Gasteiger charge is 2.27. The van der Waals surface area contributed by atoms with E-state index >= 15 is 0 Å². The van der Waals surface area contributed by atoms with Crippen LogP contribution in [0, 0.1) is 5.92 Å². The summed E-state index contributed by atoms with van der Waals surface area (Å²) in [6.07, 6.45) is 2.47. The number of hydrogen-bond donors (Lipinski definition) is 2. The Morgan fingerprint density at radius 3 is 2.71 bits per heavy atom. The maximum Gasteiger partial charge on any atom is 0.237 e. The van der Waals surface area contributed by atoms with Crippen LogP contribution in [0.5, 0.6) is 0 Å². The first-order chi connectivity index (χ1) is 8.04. The zero-order chi connectivity index (χ0) is 12.8. The van der Waals surface area contributed by atoms with Gasteiger partial charge in [-0.15, -0.1) is 0 Å². The van der Waals surface area contributed by atoms with Gasteiger partial charge in [-0.05, 0) is 59.7 Å². The number of piperidine rings is 1. The molecule has 4 heteroatoms. The van der Waals surface area contributed by atoms with E-state index in [9.17, 15) is 4.79 Å². The minimum Gasteiger partial charge on any atom is -0.353 e. The lowest BCUT2D eigenvalue weighted by atomic mass is 9.96. The SMILES string of the molecule is CNCC1CCCN(C(C)C(=O)NC(C)C)C1. The Morgan fingerprint density at radius 1 is 1.41 bits per heavy atom. The van der Waals surface area contributed by atoms with Crippen LogP contribution in [0.3, 0.4) is 0 Å².